The van der Waals surface area contributed by atoms with E-state index >= 15 is 0 Å². The quantitative estimate of drug-likeness (QED) is 0.931. The predicted octanol–water partition coefficient (Wildman–Crippen LogP) is 3.74. The fourth-order valence-electron chi connectivity index (χ4n) is 2.87. The summed E-state index contributed by atoms with van der Waals surface area (Å²) < 4.78 is 1.04. The summed E-state index contributed by atoms with van der Waals surface area (Å²) in [6.07, 6.45) is 2.93. The standard InChI is InChI=1S/C16H18BrN3/c1-11-8-14(17)16(19-9-11)20-10-12(6-7-18)13-4-2-3-5-15(13)20/h2-5,8-9,12H,6-7,10,18H2,1H3. The van der Waals surface area contributed by atoms with E-state index in [0.29, 0.717) is 5.92 Å². The molecule has 2 heterocycles. The van der Waals surface area contributed by atoms with Crippen molar-refractivity contribution in [2.24, 2.45) is 5.73 Å². The second-order valence-corrected chi connectivity index (χ2v) is 6.12. The second kappa shape index (κ2) is 5.54. The Morgan fingerprint density at radius 3 is 2.95 bits per heavy atom. The van der Waals surface area contributed by atoms with Crippen LogP contribution in [0.25, 0.3) is 0 Å². The van der Waals surface area contributed by atoms with Gasteiger partial charge in [0.05, 0.1) is 4.47 Å². The molecule has 2 aromatic rings. The molecule has 0 fully saturated rings. The number of anilines is 2. The number of aryl methyl sites for hydroxylation is 1. The summed E-state index contributed by atoms with van der Waals surface area (Å²) in [7, 11) is 0. The van der Waals surface area contributed by atoms with Gasteiger partial charge >= 0.3 is 0 Å². The molecule has 0 saturated heterocycles. The van der Waals surface area contributed by atoms with E-state index in [2.05, 4.69) is 63.1 Å². The van der Waals surface area contributed by atoms with E-state index < -0.39 is 0 Å². The van der Waals surface area contributed by atoms with Crippen LogP contribution in [0.15, 0.2) is 41.0 Å². The zero-order valence-electron chi connectivity index (χ0n) is 11.5. The largest absolute Gasteiger partial charge is 0.330 e. The highest BCUT2D eigenvalue weighted by Crippen LogP contribution is 2.43. The van der Waals surface area contributed by atoms with Crippen molar-refractivity contribution in [1.82, 2.24) is 4.98 Å². The number of halogens is 1. The maximum atomic E-state index is 5.76. The van der Waals surface area contributed by atoms with Crippen LogP contribution in [0, 0.1) is 6.92 Å². The van der Waals surface area contributed by atoms with Gasteiger partial charge in [-0.25, -0.2) is 4.98 Å². The average Bonchev–Trinajstić information content (AvgIpc) is 2.79. The Kier molecular flexibility index (Phi) is 3.76. The molecule has 1 atom stereocenters. The molecule has 0 amide bonds. The van der Waals surface area contributed by atoms with Crippen molar-refractivity contribution in [2.75, 3.05) is 18.0 Å². The normalized spacial score (nSPS) is 17.4. The molecule has 1 aliphatic heterocycles. The van der Waals surface area contributed by atoms with Gasteiger partial charge in [-0.15, -0.1) is 0 Å². The summed E-state index contributed by atoms with van der Waals surface area (Å²) in [6, 6.07) is 10.7. The van der Waals surface area contributed by atoms with E-state index in [-0.39, 0.29) is 0 Å². The van der Waals surface area contributed by atoms with Crippen molar-refractivity contribution < 1.29 is 0 Å². The van der Waals surface area contributed by atoms with Crippen molar-refractivity contribution in [1.29, 1.82) is 0 Å². The number of fused-ring (bicyclic) bond motifs is 1. The highest BCUT2D eigenvalue weighted by Gasteiger charge is 2.30. The molecule has 2 N–H and O–H groups in total. The molecule has 4 heteroatoms. The van der Waals surface area contributed by atoms with E-state index in [1.54, 1.807) is 0 Å². The lowest BCUT2D eigenvalue weighted by atomic mass is 9.98. The molecule has 0 spiro atoms. The van der Waals surface area contributed by atoms with E-state index in [1.807, 2.05) is 6.20 Å². The van der Waals surface area contributed by atoms with Crippen LogP contribution in [-0.2, 0) is 0 Å². The monoisotopic (exact) mass is 331 g/mol. The Hall–Kier alpha value is -1.39. The Labute approximate surface area is 127 Å². The van der Waals surface area contributed by atoms with Crippen molar-refractivity contribution in [3.8, 4) is 0 Å². The summed E-state index contributed by atoms with van der Waals surface area (Å²) >= 11 is 3.64. The second-order valence-electron chi connectivity index (χ2n) is 5.26. The molecule has 0 saturated carbocycles. The summed E-state index contributed by atoms with van der Waals surface area (Å²) in [5.41, 5.74) is 9.55. The van der Waals surface area contributed by atoms with Crippen LogP contribution < -0.4 is 10.6 Å². The topological polar surface area (TPSA) is 42.2 Å². The fourth-order valence-corrected chi connectivity index (χ4v) is 3.55. The third-order valence-corrected chi connectivity index (χ3v) is 4.38. The van der Waals surface area contributed by atoms with Crippen LogP contribution in [0.5, 0.6) is 0 Å². The molecule has 1 unspecified atom stereocenters. The molecule has 3 nitrogen and oxygen atoms in total. The van der Waals surface area contributed by atoms with Gasteiger partial charge in [0.2, 0.25) is 0 Å². The Bertz CT molecular complexity index is 627. The van der Waals surface area contributed by atoms with Crippen molar-refractivity contribution >= 4 is 27.4 Å². The first kappa shape index (κ1) is 13.6. The Morgan fingerprint density at radius 2 is 2.20 bits per heavy atom. The highest BCUT2D eigenvalue weighted by atomic mass is 79.9. The zero-order valence-corrected chi connectivity index (χ0v) is 13.1. The minimum atomic E-state index is 0.492. The van der Waals surface area contributed by atoms with Crippen LogP contribution in [0.3, 0.4) is 0 Å². The van der Waals surface area contributed by atoms with Crippen molar-refractivity contribution in [3.63, 3.8) is 0 Å². The number of pyridine rings is 1. The minimum absolute atomic E-state index is 0.492. The lowest BCUT2D eigenvalue weighted by Crippen LogP contribution is -2.18. The first-order valence-electron chi connectivity index (χ1n) is 6.89. The van der Waals surface area contributed by atoms with Gasteiger partial charge in [-0.05, 0) is 59.1 Å². The first-order chi connectivity index (χ1) is 9.70. The molecule has 0 bridgehead atoms. The van der Waals surface area contributed by atoms with Gasteiger partial charge in [0.15, 0.2) is 0 Å². The minimum Gasteiger partial charge on any atom is -0.330 e. The number of nitrogens with zero attached hydrogens (tertiary/aromatic N) is 2. The molecular weight excluding hydrogens is 314 g/mol. The molecule has 1 aromatic heterocycles. The van der Waals surface area contributed by atoms with E-state index in [1.165, 1.54) is 11.3 Å². The summed E-state index contributed by atoms with van der Waals surface area (Å²) in [4.78, 5) is 6.89. The van der Waals surface area contributed by atoms with Crippen LogP contribution in [-0.4, -0.2) is 18.1 Å². The lowest BCUT2D eigenvalue weighted by molar-refractivity contribution is 0.667. The third kappa shape index (κ3) is 2.34. The summed E-state index contributed by atoms with van der Waals surface area (Å²) in [5.74, 6) is 1.48. The molecule has 0 aliphatic carbocycles. The van der Waals surface area contributed by atoms with Crippen molar-refractivity contribution in [2.45, 2.75) is 19.3 Å². The maximum absolute atomic E-state index is 5.76. The van der Waals surface area contributed by atoms with Gasteiger partial charge < -0.3 is 10.6 Å². The molecule has 3 rings (SSSR count). The van der Waals surface area contributed by atoms with Gasteiger partial charge in [0.1, 0.15) is 5.82 Å². The number of nitrogens with two attached hydrogens (primary N) is 1. The Balaban J connectivity index is 2.03. The molecular formula is C16H18BrN3. The van der Waals surface area contributed by atoms with Crippen LogP contribution in [0.2, 0.25) is 0 Å². The number of benzene rings is 1. The van der Waals surface area contributed by atoms with Gasteiger partial charge in [0.25, 0.3) is 0 Å². The fraction of sp³-hybridized carbons (Fsp3) is 0.312. The summed E-state index contributed by atoms with van der Waals surface area (Å²) in [5, 5.41) is 0. The number of rotatable bonds is 3. The molecule has 0 radical (unpaired) electrons. The maximum Gasteiger partial charge on any atom is 0.147 e. The number of aromatic nitrogens is 1. The molecule has 1 aliphatic rings. The smallest absolute Gasteiger partial charge is 0.147 e. The predicted molar refractivity (Wildman–Crippen MR) is 86.5 cm³/mol. The zero-order chi connectivity index (χ0) is 14.1. The highest BCUT2D eigenvalue weighted by molar-refractivity contribution is 9.10. The van der Waals surface area contributed by atoms with E-state index in [4.69, 9.17) is 5.73 Å². The first-order valence-corrected chi connectivity index (χ1v) is 7.68. The van der Waals surface area contributed by atoms with Crippen molar-refractivity contribution in [3.05, 3.63) is 52.1 Å². The van der Waals surface area contributed by atoms with Gasteiger partial charge in [-0.3, -0.25) is 0 Å². The van der Waals surface area contributed by atoms with Crippen LogP contribution >= 0.6 is 15.9 Å². The van der Waals surface area contributed by atoms with Gasteiger partial charge in [-0.2, -0.15) is 0 Å². The van der Waals surface area contributed by atoms with Crippen LogP contribution in [0.1, 0.15) is 23.5 Å². The number of hydrogen-bond donors (Lipinski definition) is 1. The lowest BCUT2D eigenvalue weighted by Gasteiger charge is -2.20. The Morgan fingerprint density at radius 1 is 1.40 bits per heavy atom. The van der Waals surface area contributed by atoms with E-state index in [9.17, 15) is 0 Å². The average molecular weight is 332 g/mol. The summed E-state index contributed by atoms with van der Waals surface area (Å²) in [6.45, 7) is 3.72. The SMILES string of the molecule is Cc1cnc(N2CC(CCN)c3ccccc32)c(Br)c1. The molecule has 104 valence electrons. The van der Waals surface area contributed by atoms with Gasteiger partial charge in [-0.1, -0.05) is 18.2 Å². The van der Waals surface area contributed by atoms with Crippen LogP contribution in [0.4, 0.5) is 11.5 Å². The number of para-hydroxylation sites is 1. The molecule has 20 heavy (non-hydrogen) atoms. The molecule has 1 aromatic carbocycles. The van der Waals surface area contributed by atoms with Gasteiger partial charge in [0, 0.05) is 24.3 Å². The number of hydrogen-bond acceptors (Lipinski definition) is 3. The third-order valence-electron chi connectivity index (χ3n) is 3.80. The van der Waals surface area contributed by atoms with E-state index in [0.717, 1.165) is 35.4 Å².